The van der Waals surface area contributed by atoms with Gasteiger partial charge in [0.15, 0.2) is 0 Å². The van der Waals surface area contributed by atoms with E-state index in [1.54, 1.807) is 24.3 Å². The molecule has 3 aromatic carbocycles. The summed E-state index contributed by atoms with van der Waals surface area (Å²) < 4.78 is 5.83. The molecule has 0 saturated carbocycles. The number of aromatic hydroxyl groups is 1. The molecule has 8 heteroatoms. The number of carbonyl (C=O) groups excluding carboxylic acids is 1. The molecule has 8 nitrogen and oxygen atoms in total. The third-order valence-electron chi connectivity index (χ3n) is 5.36. The molecule has 3 aromatic rings. The van der Waals surface area contributed by atoms with Crippen LogP contribution in [0.5, 0.6) is 11.5 Å². The molecule has 3 rings (SSSR count). The number of rotatable bonds is 11. The molecule has 0 atom stereocenters. The van der Waals surface area contributed by atoms with E-state index in [1.165, 1.54) is 0 Å². The highest BCUT2D eigenvalue weighted by Crippen LogP contribution is 2.39. The Balaban J connectivity index is 1.90. The molecule has 34 heavy (non-hydrogen) atoms. The van der Waals surface area contributed by atoms with Crippen LogP contribution in [-0.4, -0.2) is 40.3 Å². The van der Waals surface area contributed by atoms with E-state index >= 15 is 0 Å². The van der Waals surface area contributed by atoms with Gasteiger partial charge in [-0.05, 0) is 59.9 Å². The SMILES string of the molecule is Cc1cc(-c2ccc(-c3ccccc3OCCCC(N)=O)cc2O)c(CO)cc1NCC(=O)O. The number of amides is 1. The van der Waals surface area contributed by atoms with Gasteiger partial charge in [-0.3, -0.25) is 9.59 Å². The number of carboxylic acids is 1. The van der Waals surface area contributed by atoms with Crippen molar-refractivity contribution in [3.63, 3.8) is 0 Å². The van der Waals surface area contributed by atoms with E-state index in [-0.39, 0.29) is 31.2 Å². The number of carbonyl (C=O) groups is 2. The minimum Gasteiger partial charge on any atom is -0.507 e. The van der Waals surface area contributed by atoms with Crippen LogP contribution in [0.25, 0.3) is 22.3 Å². The number of ether oxygens (including phenoxy) is 1. The first-order valence-electron chi connectivity index (χ1n) is 10.8. The normalized spacial score (nSPS) is 10.6. The van der Waals surface area contributed by atoms with Crippen LogP contribution in [0.15, 0.2) is 54.6 Å². The highest BCUT2D eigenvalue weighted by molar-refractivity contribution is 5.82. The Hall–Kier alpha value is -4.04. The number of aliphatic hydroxyl groups excluding tert-OH is 1. The fourth-order valence-corrected chi connectivity index (χ4v) is 3.68. The molecule has 0 saturated heterocycles. The third-order valence-corrected chi connectivity index (χ3v) is 5.36. The molecule has 178 valence electrons. The van der Waals surface area contributed by atoms with Gasteiger partial charge in [-0.1, -0.05) is 30.3 Å². The number of hydrogen-bond donors (Lipinski definition) is 5. The first-order valence-corrected chi connectivity index (χ1v) is 10.8. The summed E-state index contributed by atoms with van der Waals surface area (Å²) in [5, 5.41) is 32.5. The number of para-hydroxylation sites is 1. The summed E-state index contributed by atoms with van der Waals surface area (Å²) in [4.78, 5) is 21.8. The number of phenolic OH excluding ortho intramolecular Hbond substituents is 1. The zero-order chi connectivity index (χ0) is 24.7. The number of anilines is 1. The van der Waals surface area contributed by atoms with Gasteiger partial charge >= 0.3 is 5.97 Å². The number of nitrogens with two attached hydrogens (primary N) is 1. The predicted octanol–water partition coefficient (Wildman–Crippen LogP) is 3.67. The molecular formula is C26H28N2O6. The molecule has 0 bridgehead atoms. The molecule has 0 radical (unpaired) electrons. The van der Waals surface area contributed by atoms with Crippen LogP contribution in [0.2, 0.25) is 0 Å². The number of primary amides is 1. The fourth-order valence-electron chi connectivity index (χ4n) is 3.68. The second-order valence-corrected chi connectivity index (χ2v) is 7.88. The van der Waals surface area contributed by atoms with E-state index in [4.69, 9.17) is 15.6 Å². The summed E-state index contributed by atoms with van der Waals surface area (Å²) in [7, 11) is 0. The number of aliphatic hydroxyl groups is 1. The van der Waals surface area contributed by atoms with Crippen LogP contribution in [0.3, 0.4) is 0 Å². The smallest absolute Gasteiger partial charge is 0.322 e. The van der Waals surface area contributed by atoms with Crippen LogP contribution in [0.4, 0.5) is 5.69 Å². The highest BCUT2D eigenvalue weighted by Gasteiger charge is 2.15. The molecule has 0 aliphatic carbocycles. The van der Waals surface area contributed by atoms with Gasteiger partial charge in [0.25, 0.3) is 0 Å². The van der Waals surface area contributed by atoms with Gasteiger partial charge in [0.05, 0.1) is 13.2 Å². The average Bonchev–Trinajstić information content (AvgIpc) is 2.81. The Labute approximate surface area is 197 Å². The Kier molecular flexibility index (Phi) is 8.10. The molecule has 0 unspecified atom stereocenters. The Bertz CT molecular complexity index is 1190. The van der Waals surface area contributed by atoms with Crippen molar-refractivity contribution < 1.29 is 29.6 Å². The number of hydrogen-bond acceptors (Lipinski definition) is 6. The third kappa shape index (κ3) is 6.05. The summed E-state index contributed by atoms with van der Waals surface area (Å²) in [6.07, 6.45) is 0.753. The average molecular weight is 465 g/mol. The maximum absolute atomic E-state index is 10.9. The molecule has 0 fully saturated rings. The lowest BCUT2D eigenvalue weighted by molar-refractivity contribution is -0.135. The zero-order valence-electron chi connectivity index (χ0n) is 18.9. The molecule has 6 N–H and O–H groups in total. The monoisotopic (exact) mass is 464 g/mol. The number of aryl methyl sites for hydroxylation is 1. The maximum Gasteiger partial charge on any atom is 0.322 e. The molecule has 0 aliphatic rings. The van der Waals surface area contributed by atoms with E-state index in [0.717, 1.165) is 16.7 Å². The van der Waals surface area contributed by atoms with E-state index in [9.17, 15) is 19.8 Å². The standard InChI is InChI=1S/C26H28N2O6/c1-16-11-21(18(15-29)12-22(16)28-14-26(32)33)20-9-8-17(13-23(20)30)19-5-2-3-6-24(19)34-10-4-7-25(27)31/h2-3,5-6,8-9,11-13,28-30H,4,7,10,14-15H2,1H3,(H2,27,31)(H,32,33). The second-order valence-electron chi connectivity index (χ2n) is 7.88. The largest absolute Gasteiger partial charge is 0.507 e. The lowest BCUT2D eigenvalue weighted by Crippen LogP contribution is -2.13. The summed E-state index contributed by atoms with van der Waals surface area (Å²) in [5.41, 5.74) is 9.84. The van der Waals surface area contributed by atoms with Crippen LogP contribution < -0.4 is 15.8 Å². The predicted molar refractivity (Wildman–Crippen MR) is 130 cm³/mol. The summed E-state index contributed by atoms with van der Waals surface area (Å²) in [6.45, 7) is 1.65. The van der Waals surface area contributed by atoms with Crippen molar-refractivity contribution in [2.45, 2.75) is 26.4 Å². The number of phenols is 1. The van der Waals surface area contributed by atoms with Gasteiger partial charge in [-0.15, -0.1) is 0 Å². The van der Waals surface area contributed by atoms with Gasteiger partial charge < -0.3 is 31.1 Å². The topological polar surface area (TPSA) is 142 Å². The number of carboxylic acid groups (broad SMARTS) is 1. The van der Waals surface area contributed by atoms with E-state index in [2.05, 4.69) is 5.32 Å². The molecule has 0 heterocycles. The van der Waals surface area contributed by atoms with Gasteiger partial charge in [-0.2, -0.15) is 0 Å². The van der Waals surface area contributed by atoms with Crippen molar-refractivity contribution >= 4 is 17.6 Å². The minimum absolute atomic E-state index is 0.0291. The van der Waals surface area contributed by atoms with Crippen molar-refractivity contribution in [2.24, 2.45) is 5.73 Å². The van der Waals surface area contributed by atoms with Gasteiger partial charge in [0.1, 0.15) is 18.0 Å². The quantitative estimate of drug-likeness (QED) is 0.273. The van der Waals surface area contributed by atoms with Crippen LogP contribution in [-0.2, 0) is 16.2 Å². The Morgan fingerprint density at radius 2 is 1.79 bits per heavy atom. The minimum atomic E-state index is -0.987. The lowest BCUT2D eigenvalue weighted by atomic mass is 9.93. The molecule has 0 spiro atoms. The number of aliphatic carboxylic acids is 1. The fraction of sp³-hybridized carbons (Fsp3) is 0.231. The van der Waals surface area contributed by atoms with Gasteiger partial charge in [0, 0.05) is 23.2 Å². The van der Waals surface area contributed by atoms with Crippen LogP contribution in [0, 0.1) is 6.92 Å². The summed E-state index contributed by atoms with van der Waals surface area (Å²) in [6, 6.07) is 16.2. The van der Waals surface area contributed by atoms with E-state index in [0.29, 0.717) is 41.2 Å². The summed E-state index contributed by atoms with van der Waals surface area (Å²) >= 11 is 0. The lowest BCUT2D eigenvalue weighted by Gasteiger charge is -2.16. The highest BCUT2D eigenvalue weighted by atomic mass is 16.5. The Morgan fingerprint density at radius 1 is 1.03 bits per heavy atom. The van der Waals surface area contributed by atoms with Gasteiger partial charge in [-0.25, -0.2) is 0 Å². The van der Waals surface area contributed by atoms with Crippen molar-refractivity contribution in [2.75, 3.05) is 18.5 Å². The molecule has 0 aliphatic heterocycles. The number of nitrogens with one attached hydrogen (secondary N) is 1. The molecular weight excluding hydrogens is 436 g/mol. The Morgan fingerprint density at radius 3 is 2.47 bits per heavy atom. The van der Waals surface area contributed by atoms with Crippen molar-refractivity contribution in [3.05, 3.63) is 65.7 Å². The maximum atomic E-state index is 10.9. The van der Waals surface area contributed by atoms with Crippen LogP contribution in [0.1, 0.15) is 24.0 Å². The van der Waals surface area contributed by atoms with Crippen molar-refractivity contribution in [3.8, 4) is 33.8 Å². The van der Waals surface area contributed by atoms with Crippen LogP contribution >= 0.6 is 0 Å². The van der Waals surface area contributed by atoms with Crippen molar-refractivity contribution in [1.29, 1.82) is 0 Å². The first-order chi connectivity index (χ1) is 16.3. The molecule has 0 aromatic heterocycles. The molecule has 1 amide bonds. The second kappa shape index (κ2) is 11.2. The first kappa shape index (κ1) is 24.6. The van der Waals surface area contributed by atoms with E-state index in [1.807, 2.05) is 37.3 Å². The zero-order valence-corrected chi connectivity index (χ0v) is 18.9. The van der Waals surface area contributed by atoms with Gasteiger partial charge in [0.2, 0.25) is 5.91 Å². The summed E-state index contributed by atoms with van der Waals surface area (Å²) in [5.74, 6) is -0.707. The number of benzene rings is 3. The van der Waals surface area contributed by atoms with Crippen molar-refractivity contribution in [1.82, 2.24) is 0 Å². The van der Waals surface area contributed by atoms with E-state index < -0.39 is 5.97 Å².